The molecule has 0 saturated carbocycles. The molecule has 0 aromatic heterocycles. The van der Waals surface area contributed by atoms with Gasteiger partial charge in [-0.15, -0.1) is 0 Å². The summed E-state index contributed by atoms with van der Waals surface area (Å²) >= 11 is 0. The van der Waals surface area contributed by atoms with Crippen LogP contribution in [-0.4, -0.2) is 13.1 Å². The van der Waals surface area contributed by atoms with Crippen molar-refractivity contribution in [3.63, 3.8) is 0 Å². The average Bonchev–Trinajstić information content (AvgIpc) is 3.11. The number of hydrogen-bond donors (Lipinski definition) is 1. The van der Waals surface area contributed by atoms with Crippen molar-refractivity contribution in [2.75, 3.05) is 13.1 Å². The first kappa shape index (κ1) is 14.8. The van der Waals surface area contributed by atoms with Crippen LogP contribution in [0.2, 0.25) is 0 Å². The number of nitriles is 1. The molecule has 3 rings (SSSR count). The maximum atomic E-state index is 10.1. The first-order chi connectivity index (χ1) is 10.8. The highest BCUT2D eigenvalue weighted by Crippen LogP contribution is 2.38. The van der Waals surface area contributed by atoms with Crippen LogP contribution in [0.5, 0.6) is 0 Å². The first-order valence-corrected chi connectivity index (χ1v) is 8.02. The lowest BCUT2D eigenvalue weighted by molar-refractivity contribution is 0.251. The molecule has 1 N–H and O–H groups in total. The molecule has 0 bridgehead atoms. The van der Waals surface area contributed by atoms with E-state index >= 15 is 0 Å². The Hall–Kier alpha value is -2.11. The van der Waals surface area contributed by atoms with Gasteiger partial charge in [-0.1, -0.05) is 60.7 Å². The van der Waals surface area contributed by atoms with Gasteiger partial charge in [0.15, 0.2) is 0 Å². The Balaban J connectivity index is 1.91. The highest BCUT2D eigenvalue weighted by atomic mass is 14.9. The van der Waals surface area contributed by atoms with Gasteiger partial charge in [-0.3, -0.25) is 0 Å². The third kappa shape index (κ3) is 3.21. The topological polar surface area (TPSA) is 35.8 Å². The molecule has 2 aromatic rings. The largest absolute Gasteiger partial charge is 0.316 e. The van der Waals surface area contributed by atoms with Crippen molar-refractivity contribution in [2.24, 2.45) is 11.3 Å². The molecule has 0 spiro atoms. The first-order valence-electron chi connectivity index (χ1n) is 8.02. The monoisotopic (exact) mass is 290 g/mol. The second-order valence-electron chi connectivity index (χ2n) is 6.28. The minimum absolute atomic E-state index is 0.327. The zero-order valence-electron chi connectivity index (χ0n) is 12.8. The predicted octanol–water partition coefficient (Wildman–Crippen LogP) is 3.59. The van der Waals surface area contributed by atoms with Crippen LogP contribution in [0.1, 0.15) is 17.5 Å². The molecule has 0 unspecified atom stereocenters. The van der Waals surface area contributed by atoms with E-state index in [1.807, 2.05) is 12.1 Å². The number of nitrogens with zero attached hydrogens (tertiary/aromatic N) is 1. The molecule has 22 heavy (non-hydrogen) atoms. The maximum Gasteiger partial charge on any atom is 0.0700 e. The Morgan fingerprint density at radius 3 is 1.91 bits per heavy atom. The number of rotatable bonds is 5. The van der Waals surface area contributed by atoms with Crippen molar-refractivity contribution < 1.29 is 0 Å². The summed E-state index contributed by atoms with van der Waals surface area (Å²) in [6.45, 7) is 1.98. The molecule has 2 aromatic carbocycles. The summed E-state index contributed by atoms with van der Waals surface area (Å²) in [6.07, 6.45) is 2.74. The van der Waals surface area contributed by atoms with E-state index in [0.29, 0.717) is 5.92 Å². The molecular weight excluding hydrogens is 268 g/mol. The molecule has 112 valence electrons. The molecule has 0 aliphatic carbocycles. The van der Waals surface area contributed by atoms with Crippen molar-refractivity contribution in [2.45, 2.75) is 19.3 Å². The fraction of sp³-hybridized carbons (Fsp3) is 0.350. The number of nitrogens with one attached hydrogen (secondary N) is 1. The van der Waals surface area contributed by atoms with Crippen LogP contribution in [-0.2, 0) is 12.8 Å². The molecule has 2 heteroatoms. The van der Waals surface area contributed by atoms with Gasteiger partial charge in [0.25, 0.3) is 0 Å². The summed E-state index contributed by atoms with van der Waals surface area (Å²) in [6, 6.07) is 23.6. The number of benzene rings is 2. The van der Waals surface area contributed by atoms with Crippen LogP contribution in [0.3, 0.4) is 0 Å². The fourth-order valence-corrected chi connectivity index (χ4v) is 3.57. The minimum atomic E-state index is -0.327. The SMILES string of the molecule is N#CC(Cc1ccccc1)(Cc1ccccc1)[C@@H]1CCNC1. The van der Waals surface area contributed by atoms with Crippen LogP contribution in [0.15, 0.2) is 60.7 Å². The molecule has 1 saturated heterocycles. The van der Waals surface area contributed by atoms with Crippen LogP contribution < -0.4 is 5.32 Å². The summed E-state index contributed by atoms with van der Waals surface area (Å²) in [5.41, 5.74) is 2.19. The van der Waals surface area contributed by atoms with Gasteiger partial charge in [0, 0.05) is 0 Å². The van der Waals surface area contributed by atoms with Gasteiger partial charge in [-0.2, -0.15) is 5.26 Å². The molecule has 1 heterocycles. The predicted molar refractivity (Wildman–Crippen MR) is 89.3 cm³/mol. The Labute approximate surface area is 132 Å². The van der Waals surface area contributed by atoms with Crippen LogP contribution in [0.25, 0.3) is 0 Å². The average molecular weight is 290 g/mol. The molecule has 0 radical (unpaired) electrons. The highest BCUT2D eigenvalue weighted by molar-refractivity contribution is 5.25. The maximum absolute atomic E-state index is 10.1. The zero-order valence-corrected chi connectivity index (χ0v) is 12.8. The van der Waals surface area contributed by atoms with E-state index in [1.54, 1.807) is 0 Å². The lowest BCUT2D eigenvalue weighted by Crippen LogP contribution is -2.35. The Kier molecular flexibility index (Phi) is 4.56. The lowest BCUT2D eigenvalue weighted by Gasteiger charge is -2.33. The Bertz CT molecular complexity index is 580. The molecule has 1 atom stereocenters. The van der Waals surface area contributed by atoms with Crippen molar-refractivity contribution in [1.29, 1.82) is 5.26 Å². The summed E-state index contributed by atoms with van der Waals surface area (Å²) in [4.78, 5) is 0. The van der Waals surface area contributed by atoms with E-state index in [2.05, 4.69) is 59.9 Å². The van der Waals surface area contributed by atoms with Gasteiger partial charge in [0.05, 0.1) is 11.5 Å². The lowest BCUT2D eigenvalue weighted by atomic mass is 9.68. The Morgan fingerprint density at radius 2 is 1.50 bits per heavy atom. The summed E-state index contributed by atoms with van der Waals surface area (Å²) in [5, 5.41) is 13.5. The van der Waals surface area contributed by atoms with E-state index in [0.717, 1.165) is 32.4 Å². The molecule has 0 amide bonds. The summed E-state index contributed by atoms with van der Waals surface area (Å²) in [5.74, 6) is 0.415. The van der Waals surface area contributed by atoms with E-state index in [4.69, 9.17) is 0 Å². The van der Waals surface area contributed by atoms with E-state index < -0.39 is 0 Å². The van der Waals surface area contributed by atoms with Gasteiger partial charge in [0.2, 0.25) is 0 Å². The molecule has 1 aliphatic rings. The summed E-state index contributed by atoms with van der Waals surface area (Å²) in [7, 11) is 0. The molecule has 1 aliphatic heterocycles. The van der Waals surface area contributed by atoms with Crippen LogP contribution >= 0.6 is 0 Å². The normalized spacial score (nSPS) is 18.0. The van der Waals surface area contributed by atoms with E-state index in [-0.39, 0.29) is 5.41 Å². The van der Waals surface area contributed by atoms with Crippen LogP contribution in [0.4, 0.5) is 0 Å². The second-order valence-corrected chi connectivity index (χ2v) is 6.28. The van der Waals surface area contributed by atoms with Crippen LogP contribution in [0, 0.1) is 22.7 Å². The number of hydrogen-bond acceptors (Lipinski definition) is 2. The molecular formula is C20H22N2. The second kappa shape index (κ2) is 6.77. The van der Waals surface area contributed by atoms with E-state index in [1.165, 1.54) is 11.1 Å². The third-order valence-corrected chi connectivity index (χ3v) is 4.79. The summed E-state index contributed by atoms with van der Waals surface area (Å²) < 4.78 is 0. The van der Waals surface area contributed by atoms with Gasteiger partial charge >= 0.3 is 0 Å². The highest BCUT2D eigenvalue weighted by Gasteiger charge is 2.40. The van der Waals surface area contributed by atoms with Gasteiger partial charge in [0.1, 0.15) is 0 Å². The van der Waals surface area contributed by atoms with Crippen molar-refractivity contribution in [3.05, 3.63) is 71.8 Å². The quantitative estimate of drug-likeness (QED) is 0.913. The van der Waals surface area contributed by atoms with Gasteiger partial charge < -0.3 is 5.32 Å². The Morgan fingerprint density at radius 1 is 0.955 bits per heavy atom. The van der Waals surface area contributed by atoms with Gasteiger partial charge in [-0.05, 0) is 49.4 Å². The smallest absolute Gasteiger partial charge is 0.0700 e. The minimum Gasteiger partial charge on any atom is -0.316 e. The van der Waals surface area contributed by atoms with Crippen molar-refractivity contribution in [1.82, 2.24) is 5.32 Å². The van der Waals surface area contributed by atoms with E-state index in [9.17, 15) is 5.26 Å². The third-order valence-electron chi connectivity index (χ3n) is 4.79. The van der Waals surface area contributed by atoms with Gasteiger partial charge in [-0.25, -0.2) is 0 Å². The zero-order chi connectivity index (χ0) is 15.3. The molecule has 2 nitrogen and oxygen atoms in total. The van der Waals surface area contributed by atoms with Crippen molar-refractivity contribution in [3.8, 4) is 6.07 Å². The fourth-order valence-electron chi connectivity index (χ4n) is 3.57. The standard InChI is InChI=1S/C20H22N2/c21-16-20(19-11-12-22-15-19,13-17-7-3-1-4-8-17)14-18-9-5-2-6-10-18/h1-10,19,22H,11-15H2/t19-/m1/s1. The van der Waals surface area contributed by atoms with Crippen molar-refractivity contribution >= 4 is 0 Å². The molecule has 1 fully saturated rings.